The minimum absolute atomic E-state index is 0.180. The molecule has 1 heterocycles. The monoisotopic (exact) mass is 353 g/mol. The van der Waals surface area contributed by atoms with Gasteiger partial charge >= 0.3 is 0 Å². The Hall–Kier alpha value is -2.11. The summed E-state index contributed by atoms with van der Waals surface area (Å²) in [5.41, 5.74) is 0.590. The minimum atomic E-state index is -0.753. The van der Waals surface area contributed by atoms with E-state index in [1.54, 1.807) is 43.3 Å². The Morgan fingerprint density at radius 2 is 2.00 bits per heavy atom. The third-order valence-corrected chi connectivity index (χ3v) is 4.03. The van der Waals surface area contributed by atoms with Gasteiger partial charge in [0.1, 0.15) is 10.8 Å². The van der Waals surface area contributed by atoms with Crippen LogP contribution in [0.15, 0.2) is 36.4 Å². The van der Waals surface area contributed by atoms with Crippen LogP contribution in [-0.2, 0) is 4.79 Å². The maximum Gasteiger partial charge on any atom is 0.265 e. The van der Waals surface area contributed by atoms with Crippen molar-refractivity contribution in [2.24, 2.45) is 0 Å². The maximum atomic E-state index is 12.2. The van der Waals surface area contributed by atoms with Gasteiger partial charge in [-0.1, -0.05) is 29.3 Å². The summed E-state index contributed by atoms with van der Waals surface area (Å²) in [7, 11) is 0. The van der Waals surface area contributed by atoms with Gasteiger partial charge in [0.05, 0.1) is 5.02 Å². The van der Waals surface area contributed by atoms with Crippen molar-refractivity contribution in [1.82, 2.24) is 0 Å². The summed E-state index contributed by atoms with van der Waals surface area (Å²) in [5, 5.41) is 3.39. The average Bonchev–Trinajstić information content (AvgIpc) is 2.99. The van der Waals surface area contributed by atoms with Gasteiger partial charge in [0.25, 0.3) is 5.91 Å². The molecule has 0 aromatic heterocycles. The van der Waals surface area contributed by atoms with Crippen LogP contribution in [0.1, 0.15) is 6.92 Å². The van der Waals surface area contributed by atoms with Crippen LogP contribution in [-0.4, -0.2) is 18.8 Å². The molecule has 1 aliphatic rings. The molecule has 0 saturated heterocycles. The molecule has 0 saturated carbocycles. The Morgan fingerprint density at radius 1 is 1.22 bits per heavy atom. The van der Waals surface area contributed by atoms with Crippen LogP contribution in [0.5, 0.6) is 17.2 Å². The number of amides is 1. The molecule has 1 aliphatic heterocycles. The van der Waals surface area contributed by atoms with Gasteiger partial charge in [-0.25, -0.2) is 0 Å². The zero-order valence-corrected chi connectivity index (χ0v) is 13.6. The highest BCUT2D eigenvalue weighted by Gasteiger charge is 2.19. The van der Waals surface area contributed by atoms with Crippen molar-refractivity contribution in [3.05, 3.63) is 46.4 Å². The molecule has 120 valence electrons. The first kappa shape index (κ1) is 15.8. The smallest absolute Gasteiger partial charge is 0.265 e. The Bertz CT molecular complexity index is 751. The number of ether oxygens (including phenoxy) is 3. The molecule has 5 nitrogen and oxygen atoms in total. The van der Waals surface area contributed by atoms with Crippen molar-refractivity contribution in [2.45, 2.75) is 13.0 Å². The van der Waals surface area contributed by atoms with E-state index in [1.807, 2.05) is 0 Å². The Balaban J connectivity index is 1.67. The number of carbonyl (C=O) groups excluding carboxylic acids is 1. The third kappa shape index (κ3) is 3.46. The third-order valence-electron chi connectivity index (χ3n) is 3.23. The molecule has 0 spiro atoms. The zero-order chi connectivity index (χ0) is 16.4. The number of nitrogens with one attached hydrogen (secondary N) is 1. The SMILES string of the molecule is CC(Oc1cccc(Cl)c1Cl)C(=O)Nc1ccc2c(c1)OCO2. The second-order valence-corrected chi connectivity index (χ2v) is 5.65. The quantitative estimate of drug-likeness (QED) is 0.897. The van der Waals surface area contributed by atoms with Crippen LogP contribution >= 0.6 is 23.2 Å². The van der Waals surface area contributed by atoms with Gasteiger partial charge in [0, 0.05) is 11.8 Å². The van der Waals surface area contributed by atoms with Gasteiger partial charge < -0.3 is 19.5 Å². The summed E-state index contributed by atoms with van der Waals surface area (Å²) < 4.78 is 16.1. The molecule has 7 heteroatoms. The Morgan fingerprint density at radius 3 is 2.83 bits per heavy atom. The molecule has 23 heavy (non-hydrogen) atoms. The van der Waals surface area contributed by atoms with E-state index in [0.717, 1.165) is 0 Å². The molecule has 3 rings (SSSR count). The van der Waals surface area contributed by atoms with E-state index in [1.165, 1.54) is 0 Å². The van der Waals surface area contributed by atoms with E-state index in [-0.39, 0.29) is 17.7 Å². The predicted molar refractivity (Wildman–Crippen MR) is 87.7 cm³/mol. The van der Waals surface area contributed by atoms with E-state index in [0.29, 0.717) is 28.0 Å². The van der Waals surface area contributed by atoms with Crippen LogP contribution in [0.3, 0.4) is 0 Å². The zero-order valence-electron chi connectivity index (χ0n) is 12.1. The number of hydrogen-bond donors (Lipinski definition) is 1. The van der Waals surface area contributed by atoms with Gasteiger partial charge in [-0.05, 0) is 31.2 Å². The van der Waals surface area contributed by atoms with Crippen LogP contribution in [0.25, 0.3) is 0 Å². The van der Waals surface area contributed by atoms with Gasteiger partial charge in [0.15, 0.2) is 17.6 Å². The van der Waals surface area contributed by atoms with E-state index in [2.05, 4.69) is 5.32 Å². The molecule has 0 aliphatic carbocycles. The molecule has 0 radical (unpaired) electrons. The molecule has 1 N–H and O–H groups in total. The number of anilines is 1. The molecule has 0 bridgehead atoms. The van der Waals surface area contributed by atoms with E-state index in [9.17, 15) is 4.79 Å². The summed E-state index contributed by atoms with van der Waals surface area (Å²) in [6, 6.07) is 10.2. The molecule has 1 unspecified atom stereocenters. The predicted octanol–water partition coefficient (Wildman–Crippen LogP) is 4.13. The van der Waals surface area contributed by atoms with Gasteiger partial charge in [-0.15, -0.1) is 0 Å². The highest BCUT2D eigenvalue weighted by atomic mass is 35.5. The minimum Gasteiger partial charge on any atom is -0.479 e. The number of hydrogen-bond acceptors (Lipinski definition) is 4. The van der Waals surface area contributed by atoms with Crippen molar-refractivity contribution in [2.75, 3.05) is 12.1 Å². The molecule has 2 aromatic rings. The molecule has 1 atom stereocenters. The fraction of sp³-hybridized carbons (Fsp3) is 0.188. The van der Waals surface area contributed by atoms with Gasteiger partial charge in [-0.3, -0.25) is 4.79 Å². The van der Waals surface area contributed by atoms with E-state index >= 15 is 0 Å². The van der Waals surface area contributed by atoms with Crippen molar-refractivity contribution in [3.8, 4) is 17.2 Å². The number of rotatable bonds is 4. The molecular formula is C16H13Cl2NO4. The Labute approximate surface area is 143 Å². The van der Waals surface area contributed by atoms with Crippen molar-refractivity contribution < 1.29 is 19.0 Å². The second kappa shape index (κ2) is 6.56. The number of benzene rings is 2. The topological polar surface area (TPSA) is 56.8 Å². The first-order valence-electron chi connectivity index (χ1n) is 6.86. The van der Waals surface area contributed by atoms with Crippen LogP contribution in [0.2, 0.25) is 10.0 Å². The maximum absolute atomic E-state index is 12.2. The first-order valence-corrected chi connectivity index (χ1v) is 7.61. The number of fused-ring (bicyclic) bond motifs is 1. The van der Waals surface area contributed by atoms with Crippen molar-refractivity contribution in [1.29, 1.82) is 0 Å². The summed E-state index contributed by atoms with van der Waals surface area (Å²) in [4.78, 5) is 12.2. The van der Waals surface area contributed by atoms with Crippen molar-refractivity contribution >= 4 is 34.8 Å². The van der Waals surface area contributed by atoms with Crippen LogP contribution < -0.4 is 19.5 Å². The van der Waals surface area contributed by atoms with E-state index < -0.39 is 6.10 Å². The second-order valence-electron chi connectivity index (χ2n) is 4.87. The summed E-state index contributed by atoms with van der Waals surface area (Å²) >= 11 is 12.0. The van der Waals surface area contributed by atoms with Crippen LogP contribution in [0.4, 0.5) is 5.69 Å². The fourth-order valence-electron chi connectivity index (χ4n) is 2.04. The van der Waals surface area contributed by atoms with Gasteiger partial charge in [-0.2, -0.15) is 0 Å². The lowest BCUT2D eigenvalue weighted by atomic mass is 10.2. The lowest BCUT2D eigenvalue weighted by Gasteiger charge is -2.16. The van der Waals surface area contributed by atoms with Crippen molar-refractivity contribution in [3.63, 3.8) is 0 Å². The Kier molecular flexibility index (Phi) is 4.50. The average molecular weight is 354 g/mol. The summed E-state index contributed by atoms with van der Waals surface area (Å²) in [6.45, 7) is 1.80. The number of halogens is 2. The highest BCUT2D eigenvalue weighted by Crippen LogP contribution is 2.34. The molecule has 0 fully saturated rings. The summed E-state index contributed by atoms with van der Waals surface area (Å²) in [5.74, 6) is 1.28. The van der Waals surface area contributed by atoms with Crippen LogP contribution in [0, 0.1) is 0 Å². The first-order chi connectivity index (χ1) is 11.0. The normalized spacial score (nSPS) is 13.5. The largest absolute Gasteiger partial charge is 0.479 e. The number of carbonyl (C=O) groups is 1. The molecule has 1 amide bonds. The lowest BCUT2D eigenvalue weighted by Crippen LogP contribution is -2.30. The fourth-order valence-corrected chi connectivity index (χ4v) is 2.37. The lowest BCUT2D eigenvalue weighted by molar-refractivity contribution is -0.122. The highest BCUT2D eigenvalue weighted by molar-refractivity contribution is 6.42. The molecule has 2 aromatic carbocycles. The standard InChI is InChI=1S/C16H13Cl2NO4/c1-9(23-13-4-2-3-11(17)15(13)18)16(20)19-10-5-6-12-14(7-10)22-8-21-12/h2-7,9H,8H2,1H3,(H,19,20). The molecular weight excluding hydrogens is 341 g/mol. The summed E-state index contributed by atoms with van der Waals surface area (Å²) in [6.07, 6.45) is -0.753. The van der Waals surface area contributed by atoms with E-state index in [4.69, 9.17) is 37.4 Å². The van der Waals surface area contributed by atoms with Gasteiger partial charge in [0.2, 0.25) is 6.79 Å².